The molecule has 0 saturated carbocycles. The smallest absolute Gasteiger partial charge is 0.226 e. The van der Waals surface area contributed by atoms with Gasteiger partial charge in [-0.15, -0.1) is 0 Å². The largest absolute Gasteiger partial charge is 0.339 e. The molecule has 0 bridgehead atoms. The Kier molecular flexibility index (Phi) is 6.58. The molecule has 1 unspecified atom stereocenters. The highest BCUT2D eigenvalue weighted by Gasteiger charge is 2.08. The predicted octanol–water partition coefficient (Wildman–Crippen LogP) is 2.50. The third kappa shape index (κ3) is 6.07. The van der Waals surface area contributed by atoms with Gasteiger partial charge in [0.05, 0.1) is 5.75 Å². The Hall–Kier alpha value is -0.550. The third-order valence-corrected chi connectivity index (χ3v) is 3.84. The maximum absolute atomic E-state index is 5.21. The Balaban J connectivity index is 2.27. The Bertz CT molecular complexity index is 314. The van der Waals surface area contributed by atoms with E-state index in [2.05, 4.69) is 36.2 Å². The quantitative estimate of drug-likeness (QED) is 0.775. The summed E-state index contributed by atoms with van der Waals surface area (Å²) < 4.78 is 5.21. The van der Waals surface area contributed by atoms with Crippen molar-refractivity contribution in [2.45, 2.75) is 45.4 Å². The average molecular weight is 257 g/mol. The van der Waals surface area contributed by atoms with Crippen molar-refractivity contribution in [3.05, 3.63) is 11.7 Å². The van der Waals surface area contributed by atoms with Crippen LogP contribution in [0.5, 0.6) is 0 Å². The molecule has 98 valence electrons. The molecule has 4 nitrogen and oxygen atoms in total. The molecule has 5 heteroatoms. The zero-order valence-corrected chi connectivity index (χ0v) is 12.0. The van der Waals surface area contributed by atoms with E-state index in [1.165, 1.54) is 0 Å². The second-order valence-corrected chi connectivity index (χ2v) is 5.77. The van der Waals surface area contributed by atoms with E-state index in [0.29, 0.717) is 12.0 Å². The highest BCUT2D eigenvalue weighted by Crippen LogP contribution is 2.13. The third-order valence-electron chi connectivity index (χ3n) is 2.48. The lowest BCUT2D eigenvalue weighted by atomic mass is 10.2. The van der Waals surface area contributed by atoms with E-state index in [1.54, 1.807) is 0 Å². The van der Waals surface area contributed by atoms with Gasteiger partial charge in [-0.25, -0.2) is 0 Å². The molecule has 1 heterocycles. The van der Waals surface area contributed by atoms with E-state index in [0.717, 1.165) is 36.1 Å². The zero-order valence-electron chi connectivity index (χ0n) is 11.2. The van der Waals surface area contributed by atoms with Crippen LogP contribution in [0.25, 0.3) is 0 Å². The van der Waals surface area contributed by atoms with Crippen molar-refractivity contribution >= 4 is 11.8 Å². The van der Waals surface area contributed by atoms with Gasteiger partial charge in [-0.3, -0.25) is 0 Å². The van der Waals surface area contributed by atoms with E-state index in [4.69, 9.17) is 4.52 Å². The maximum Gasteiger partial charge on any atom is 0.226 e. The average Bonchev–Trinajstić information content (AvgIpc) is 2.73. The van der Waals surface area contributed by atoms with Crippen molar-refractivity contribution in [2.75, 3.05) is 12.8 Å². The second-order valence-electron chi connectivity index (χ2n) is 4.74. The number of nitrogens with zero attached hydrogens (tertiary/aromatic N) is 2. The first-order valence-electron chi connectivity index (χ1n) is 6.18. The van der Waals surface area contributed by atoms with Gasteiger partial charge in [0.15, 0.2) is 5.82 Å². The summed E-state index contributed by atoms with van der Waals surface area (Å²) in [5.74, 6) is 4.28. The number of aryl methyl sites for hydroxylation is 1. The summed E-state index contributed by atoms with van der Waals surface area (Å²) in [5.41, 5.74) is 0. The molecular weight excluding hydrogens is 234 g/mol. The van der Waals surface area contributed by atoms with Crippen LogP contribution in [-0.2, 0) is 12.2 Å². The second kappa shape index (κ2) is 7.71. The zero-order chi connectivity index (χ0) is 12.7. The lowest BCUT2D eigenvalue weighted by molar-refractivity contribution is 0.365. The molecule has 1 aromatic rings. The van der Waals surface area contributed by atoms with Crippen LogP contribution in [0.15, 0.2) is 4.52 Å². The van der Waals surface area contributed by atoms with Crippen molar-refractivity contribution < 1.29 is 4.52 Å². The standard InChI is InChI=1S/C12H23N3OS/c1-9(2)7-17-8-11-14-12(16-15-11)6-5-10(3)13-4/h9-10,13H,5-8H2,1-4H3. The van der Waals surface area contributed by atoms with E-state index in [9.17, 15) is 0 Å². The fourth-order valence-corrected chi connectivity index (χ4v) is 2.21. The molecule has 0 aliphatic rings. The summed E-state index contributed by atoms with van der Waals surface area (Å²) >= 11 is 1.86. The van der Waals surface area contributed by atoms with Crippen molar-refractivity contribution in [3.63, 3.8) is 0 Å². The topological polar surface area (TPSA) is 51.0 Å². The maximum atomic E-state index is 5.21. The van der Waals surface area contributed by atoms with E-state index in [-0.39, 0.29) is 0 Å². The van der Waals surface area contributed by atoms with Crippen LogP contribution >= 0.6 is 11.8 Å². The molecule has 1 aromatic heterocycles. The number of nitrogens with one attached hydrogen (secondary N) is 1. The number of thioether (sulfide) groups is 1. The van der Waals surface area contributed by atoms with Gasteiger partial charge >= 0.3 is 0 Å². The molecule has 17 heavy (non-hydrogen) atoms. The van der Waals surface area contributed by atoms with Crippen molar-refractivity contribution in [2.24, 2.45) is 5.92 Å². The summed E-state index contributed by atoms with van der Waals surface area (Å²) in [6.45, 7) is 6.58. The Labute approximate surface area is 108 Å². The molecule has 0 radical (unpaired) electrons. The number of aromatic nitrogens is 2. The summed E-state index contributed by atoms with van der Waals surface area (Å²) in [4.78, 5) is 4.39. The van der Waals surface area contributed by atoms with Gasteiger partial charge < -0.3 is 9.84 Å². The molecule has 0 aliphatic carbocycles. The highest BCUT2D eigenvalue weighted by molar-refractivity contribution is 7.98. The number of rotatable bonds is 8. The first-order valence-corrected chi connectivity index (χ1v) is 7.33. The van der Waals surface area contributed by atoms with Crippen LogP contribution in [-0.4, -0.2) is 29.0 Å². The van der Waals surface area contributed by atoms with Gasteiger partial charge in [-0.1, -0.05) is 19.0 Å². The number of hydrogen-bond donors (Lipinski definition) is 1. The van der Waals surface area contributed by atoms with Crippen LogP contribution in [0.1, 0.15) is 38.9 Å². The van der Waals surface area contributed by atoms with E-state index >= 15 is 0 Å². The normalized spacial score (nSPS) is 13.2. The van der Waals surface area contributed by atoms with Gasteiger partial charge in [-0.05, 0) is 32.1 Å². The summed E-state index contributed by atoms with van der Waals surface area (Å²) in [7, 11) is 1.96. The van der Waals surface area contributed by atoms with Crippen molar-refractivity contribution in [3.8, 4) is 0 Å². The van der Waals surface area contributed by atoms with Crippen molar-refractivity contribution in [1.29, 1.82) is 0 Å². The SMILES string of the molecule is CNC(C)CCc1nc(CSCC(C)C)no1. The monoisotopic (exact) mass is 257 g/mol. The molecule has 0 aliphatic heterocycles. The van der Waals surface area contributed by atoms with Crippen LogP contribution in [0.3, 0.4) is 0 Å². The van der Waals surface area contributed by atoms with Crippen LogP contribution in [0.4, 0.5) is 0 Å². The van der Waals surface area contributed by atoms with Crippen LogP contribution in [0, 0.1) is 5.92 Å². The molecule has 1 rings (SSSR count). The minimum atomic E-state index is 0.487. The van der Waals surface area contributed by atoms with Gasteiger partial charge in [0.2, 0.25) is 5.89 Å². The Morgan fingerprint density at radius 3 is 2.76 bits per heavy atom. The first-order chi connectivity index (χ1) is 8.11. The molecule has 0 amide bonds. The molecule has 1 N–H and O–H groups in total. The number of hydrogen-bond acceptors (Lipinski definition) is 5. The van der Waals surface area contributed by atoms with Crippen LogP contribution < -0.4 is 5.32 Å². The van der Waals surface area contributed by atoms with E-state index < -0.39 is 0 Å². The minimum Gasteiger partial charge on any atom is -0.339 e. The molecule has 0 saturated heterocycles. The van der Waals surface area contributed by atoms with E-state index in [1.807, 2.05) is 18.8 Å². The molecule has 1 atom stereocenters. The molecule has 0 fully saturated rings. The van der Waals surface area contributed by atoms with Gasteiger partial charge in [0, 0.05) is 12.5 Å². The molecular formula is C12H23N3OS. The Morgan fingerprint density at radius 2 is 2.12 bits per heavy atom. The lowest BCUT2D eigenvalue weighted by Crippen LogP contribution is -2.21. The minimum absolute atomic E-state index is 0.487. The highest BCUT2D eigenvalue weighted by atomic mass is 32.2. The molecule has 0 spiro atoms. The lowest BCUT2D eigenvalue weighted by Gasteiger charge is -2.06. The summed E-state index contributed by atoms with van der Waals surface area (Å²) in [5, 5.41) is 7.18. The van der Waals surface area contributed by atoms with Gasteiger partial charge in [-0.2, -0.15) is 16.7 Å². The van der Waals surface area contributed by atoms with Crippen LogP contribution in [0.2, 0.25) is 0 Å². The first kappa shape index (κ1) is 14.5. The van der Waals surface area contributed by atoms with Gasteiger partial charge in [0.25, 0.3) is 0 Å². The summed E-state index contributed by atoms with van der Waals surface area (Å²) in [6, 6.07) is 0.487. The van der Waals surface area contributed by atoms with Crippen molar-refractivity contribution in [1.82, 2.24) is 15.5 Å². The molecule has 0 aromatic carbocycles. The fraction of sp³-hybridized carbons (Fsp3) is 0.833. The Morgan fingerprint density at radius 1 is 1.35 bits per heavy atom. The predicted molar refractivity (Wildman–Crippen MR) is 72.1 cm³/mol. The fourth-order valence-electron chi connectivity index (χ4n) is 1.32. The van der Waals surface area contributed by atoms with Gasteiger partial charge in [0.1, 0.15) is 0 Å². The summed E-state index contributed by atoms with van der Waals surface area (Å²) in [6.07, 6.45) is 1.88.